The number of rotatable bonds is 0. The van der Waals surface area contributed by atoms with E-state index in [9.17, 15) is 0 Å². The lowest BCUT2D eigenvalue weighted by Crippen LogP contribution is -1.86. The summed E-state index contributed by atoms with van der Waals surface area (Å²) >= 11 is 0. The van der Waals surface area contributed by atoms with Gasteiger partial charge in [0.2, 0.25) is 0 Å². The minimum Gasteiger partial charge on any atom is -0.361 e. The molecule has 1 heteroatoms. The molecule has 0 fully saturated rings. The van der Waals surface area contributed by atoms with Crippen LogP contribution in [0.25, 0.3) is 54.0 Å². The Morgan fingerprint density at radius 1 is 0.522 bits per heavy atom. The van der Waals surface area contributed by atoms with E-state index >= 15 is 0 Å². The highest BCUT2D eigenvalue weighted by atomic mass is 14.7. The van der Waals surface area contributed by atoms with Gasteiger partial charge in [-0.3, -0.25) is 0 Å². The van der Waals surface area contributed by atoms with E-state index in [2.05, 4.69) is 71.7 Å². The molecule has 0 aliphatic rings. The Morgan fingerprint density at radius 2 is 1.26 bits per heavy atom. The Hall–Kier alpha value is -3.06. The van der Waals surface area contributed by atoms with Gasteiger partial charge >= 0.3 is 0 Å². The molecule has 23 heavy (non-hydrogen) atoms. The van der Waals surface area contributed by atoms with Gasteiger partial charge in [0, 0.05) is 17.0 Å². The molecular formula is C22H13N. The van der Waals surface area contributed by atoms with Gasteiger partial charge in [-0.1, -0.05) is 54.6 Å². The van der Waals surface area contributed by atoms with E-state index in [1.54, 1.807) is 0 Å². The molecule has 0 amide bonds. The van der Waals surface area contributed by atoms with Crippen molar-refractivity contribution in [2.24, 2.45) is 0 Å². The average Bonchev–Trinajstić information content (AvgIpc) is 3.08. The molecule has 0 saturated heterocycles. The number of hydrogen-bond acceptors (Lipinski definition) is 0. The molecule has 6 aromatic rings. The maximum atomic E-state index is 3.41. The SMILES string of the molecule is c1cc2ccc3cc4c(ccc5cc[nH]c54)c4ccc(c1)c2c34. The second-order valence-electron chi connectivity index (χ2n) is 6.34. The lowest BCUT2D eigenvalue weighted by atomic mass is 9.90. The molecule has 1 aromatic heterocycles. The molecule has 0 bridgehead atoms. The number of benzene rings is 5. The van der Waals surface area contributed by atoms with Crippen molar-refractivity contribution in [3.63, 3.8) is 0 Å². The van der Waals surface area contributed by atoms with Crippen LogP contribution in [0.1, 0.15) is 0 Å². The van der Waals surface area contributed by atoms with Crippen molar-refractivity contribution in [2.75, 3.05) is 0 Å². The summed E-state index contributed by atoms with van der Waals surface area (Å²) in [4.78, 5) is 3.41. The number of nitrogens with one attached hydrogen (secondary N) is 1. The topological polar surface area (TPSA) is 15.8 Å². The van der Waals surface area contributed by atoms with Gasteiger partial charge in [-0.2, -0.15) is 0 Å². The largest absolute Gasteiger partial charge is 0.361 e. The van der Waals surface area contributed by atoms with Crippen LogP contribution in [0.5, 0.6) is 0 Å². The molecule has 0 spiro atoms. The van der Waals surface area contributed by atoms with E-state index in [1.807, 2.05) is 6.20 Å². The molecule has 0 aliphatic heterocycles. The summed E-state index contributed by atoms with van der Waals surface area (Å²) in [6, 6.07) is 24.5. The summed E-state index contributed by atoms with van der Waals surface area (Å²) in [5.74, 6) is 0. The molecule has 0 atom stereocenters. The van der Waals surface area contributed by atoms with Crippen LogP contribution in [0, 0.1) is 0 Å². The lowest BCUT2D eigenvalue weighted by molar-refractivity contribution is 1.49. The normalized spacial score (nSPS) is 12.3. The summed E-state index contributed by atoms with van der Waals surface area (Å²) in [5, 5.41) is 12.0. The number of H-pyrrole nitrogens is 1. The van der Waals surface area contributed by atoms with Crippen molar-refractivity contribution in [3.8, 4) is 0 Å². The van der Waals surface area contributed by atoms with Crippen molar-refractivity contribution < 1.29 is 0 Å². The van der Waals surface area contributed by atoms with Crippen LogP contribution in [0.15, 0.2) is 72.9 Å². The Labute approximate surface area is 132 Å². The van der Waals surface area contributed by atoms with E-state index in [4.69, 9.17) is 0 Å². The quantitative estimate of drug-likeness (QED) is 0.252. The zero-order valence-corrected chi connectivity index (χ0v) is 12.4. The van der Waals surface area contributed by atoms with E-state index in [0.717, 1.165) is 0 Å². The fraction of sp³-hybridized carbons (Fsp3) is 0. The van der Waals surface area contributed by atoms with Gasteiger partial charge in [-0.25, -0.2) is 0 Å². The Morgan fingerprint density at radius 3 is 2.17 bits per heavy atom. The van der Waals surface area contributed by atoms with Crippen LogP contribution in [0.4, 0.5) is 0 Å². The first kappa shape index (κ1) is 11.5. The summed E-state index contributed by atoms with van der Waals surface area (Å²) in [6.45, 7) is 0. The molecule has 1 heterocycles. The fourth-order valence-electron chi connectivity index (χ4n) is 4.15. The number of aromatic amines is 1. The van der Waals surface area contributed by atoms with Crippen LogP contribution in [-0.4, -0.2) is 4.98 Å². The van der Waals surface area contributed by atoms with E-state index in [1.165, 1.54) is 54.0 Å². The maximum Gasteiger partial charge on any atom is 0.0534 e. The second kappa shape index (κ2) is 3.82. The van der Waals surface area contributed by atoms with Crippen molar-refractivity contribution in [1.82, 2.24) is 4.98 Å². The van der Waals surface area contributed by atoms with Gasteiger partial charge < -0.3 is 4.98 Å². The third kappa shape index (κ3) is 1.33. The Bertz CT molecular complexity index is 1340. The van der Waals surface area contributed by atoms with Crippen LogP contribution in [0.3, 0.4) is 0 Å². The number of hydrogen-bond donors (Lipinski definition) is 1. The Balaban J connectivity index is 2.01. The predicted molar refractivity (Wildman–Crippen MR) is 99.5 cm³/mol. The average molecular weight is 291 g/mol. The number of fused-ring (bicyclic) bond motifs is 4. The minimum absolute atomic E-state index is 1.23. The van der Waals surface area contributed by atoms with Crippen LogP contribution >= 0.6 is 0 Å². The predicted octanol–water partition coefficient (Wildman–Crippen LogP) is 6.22. The summed E-state index contributed by atoms with van der Waals surface area (Å²) < 4.78 is 0. The third-order valence-corrected chi connectivity index (χ3v) is 5.17. The summed E-state index contributed by atoms with van der Waals surface area (Å²) in [6.07, 6.45) is 2.02. The molecule has 106 valence electrons. The van der Waals surface area contributed by atoms with E-state index in [-0.39, 0.29) is 0 Å². The summed E-state index contributed by atoms with van der Waals surface area (Å²) in [7, 11) is 0. The molecule has 0 unspecified atom stereocenters. The molecule has 5 aromatic carbocycles. The Kier molecular flexibility index (Phi) is 1.91. The van der Waals surface area contributed by atoms with Crippen molar-refractivity contribution >= 4 is 54.0 Å². The molecule has 6 rings (SSSR count). The molecular weight excluding hydrogens is 278 g/mol. The first-order valence-corrected chi connectivity index (χ1v) is 7.96. The lowest BCUT2D eigenvalue weighted by Gasteiger charge is -2.13. The zero-order chi connectivity index (χ0) is 15.0. The van der Waals surface area contributed by atoms with Crippen molar-refractivity contribution in [3.05, 3.63) is 72.9 Å². The van der Waals surface area contributed by atoms with Gasteiger partial charge in [-0.15, -0.1) is 0 Å². The summed E-state index contributed by atoms with van der Waals surface area (Å²) in [5.41, 5.74) is 1.23. The van der Waals surface area contributed by atoms with Gasteiger partial charge in [0.15, 0.2) is 0 Å². The van der Waals surface area contributed by atoms with Crippen LogP contribution < -0.4 is 0 Å². The highest BCUT2D eigenvalue weighted by molar-refractivity contribution is 6.30. The van der Waals surface area contributed by atoms with Crippen molar-refractivity contribution in [1.29, 1.82) is 0 Å². The monoisotopic (exact) mass is 291 g/mol. The zero-order valence-electron chi connectivity index (χ0n) is 12.4. The van der Waals surface area contributed by atoms with Gasteiger partial charge in [0.25, 0.3) is 0 Å². The molecule has 1 nitrogen and oxygen atoms in total. The smallest absolute Gasteiger partial charge is 0.0534 e. The molecule has 0 aliphatic carbocycles. The highest BCUT2D eigenvalue weighted by Gasteiger charge is 2.12. The van der Waals surface area contributed by atoms with E-state index in [0.29, 0.717) is 0 Å². The van der Waals surface area contributed by atoms with Gasteiger partial charge in [-0.05, 0) is 49.8 Å². The molecule has 0 saturated carbocycles. The standard InChI is InChI=1S/C22H13N/c1-2-13-4-5-16-12-19-17(8-7-15-10-11-23-22(15)19)18-9-6-14(3-1)20(13)21(16)18/h1-12,23H. The maximum absolute atomic E-state index is 3.41. The first-order valence-electron chi connectivity index (χ1n) is 7.96. The van der Waals surface area contributed by atoms with Crippen LogP contribution in [0.2, 0.25) is 0 Å². The number of aromatic nitrogens is 1. The second-order valence-corrected chi connectivity index (χ2v) is 6.34. The third-order valence-electron chi connectivity index (χ3n) is 5.17. The first-order chi connectivity index (χ1) is 11.4. The van der Waals surface area contributed by atoms with E-state index < -0.39 is 0 Å². The van der Waals surface area contributed by atoms with Crippen LogP contribution in [-0.2, 0) is 0 Å². The fourth-order valence-corrected chi connectivity index (χ4v) is 4.15. The van der Waals surface area contributed by atoms with Gasteiger partial charge in [0.1, 0.15) is 0 Å². The van der Waals surface area contributed by atoms with Crippen molar-refractivity contribution in [2.45, 2.75) is 0 Å². The minimum atomic E-state index is 1.23. The molecule has 1 N–H and O–H groups in total. The van der Waals surface area contributed by atoms with Gasteiger partial charge in [0.05, 0.1) is 5.52 Å². The highest BCUT2D eigenvalue weighted by Crippen LogP contribution is 2.39. The molecule has 0 radical (unpaired) electrons.